The number of benzene rings is 2. The molecule has 0 bridgehead atoms. The predicted molar refractivity (Wildman–Crippen MR) is 108 cm³/mol. The molecule has 2 aromatic carbocycles. The lowest BCUT2D eigenvalue weighted by molar-refractivity contribution is -0.384. The van der Waals surface area contributed by atoms with Crippen LogP contribution in [0.25, 0.3) is 0 Å². The van der Waals surface area contributed by atoms with Gasteiger partial charge in [0.2, 0.25) is 0 Å². The molecule has 0 unspecified atom stereocenters. The maximum atomic E-state index is 12.4. The van der Waals surface area contributed by atoms with Crippen LogP contribution in [-0.2, 0) is 0 Å². The van der Waals surface area contributed by atoms with E-state index in [0.29, 0.717) is 15.3 Å². The molecule has 0 heterocycles. The van der Waals surface area contributed by atoms with E-state index < -0.39 is 4.92 Å². The SMILES string of the molecule is CCN(c1ccc(NC(=O)c2cc([N+](=O)[O-])ccc2I)cc1)C(C)C. The number of nitrogens with zero attached hydrogens (tertiary/aromatic N) is 2. The number of non-ortho nitro benzene ring substituents is 1. The van der Waals surface area contributed by atoms with Crippen molar-refractivity contribution in [3.8, 4) is 0 Å². The number of hydrogen-bond donors (Lipinski definition) is 1. The fraction of sp³-hybridized carbons (Fsp3) is 0.278. The third kappa shape index (κ3) is 4.68. The maximum Gasteiger partial charge on any atom is 0.270 e. The molecule has 2 rings (SSSR count). The van der Waals surface area contributed by atoms with Gasteiger partial charge in [-0.25, -0.2) is 0 Å². The fourth-order valence-corrected chi connectivity index (χ4v) is 3.16. The minimum atomic E-state index is -0.507. The molecule has 0 saturated heterocycles. The molecule has 0 radical (unpaired) electrons. The third-order valence-electron chi connectivity index (χ3n) is 3.83. The van der Waals surface area contributed by atoms with Crippen molar-refractivity contribution in [1.29, 1.82) is 0 Å². The zero-order valence-electron chi connectivity index (χ0n) is 14.3. The van der Waals surface area contributed by atoms with Crippen LogP contribution in [0.3, 0.4) is 0 Å². The molecule has 0 aliphatic carbocycles. The highest BCUT2D eigenvalue weighted by Gasteiger charge is 2.16. The van der Waals surface area contributed by atoms with Gasteiger partial charge in [-0.2, -0.15) is 0 Å². The van der Waals surface area contributed by atoms with Gasteiger partial charge in [0.1, 0.15) is 0 Å². The highest BCUT2D eigenvalue weighted by molar-refractivity contribution is 14.1. The molecule has 2 aromatic rings. The van der Waals surface area contributed by atoms with Crippen molar-refractivity contribution in [2.75, 3.05) is 16.8 Å². The zero-order chi connectivity index (χ0) is 18.6. The summed E-state index contributed by atoms with van der Waals surface area (Å²) < 4.78 is 0.661. The van der Waals surface area contributed by atoms with E-state index in [-0.39, 0.29) is 17.2 Å². The molecule has 0 aliphatic rings. The highest BCUT2D eigenvalue weighted by atomic mass is 127. The van der Waals surface area contributed by atoms with E-state index in [2.05, 4.69) is 31.0 Å². The first kappa shape index (κ1) is 19.2. The van der Waals surface area contributed by atoms with Crippen molar-refractivity contribution in [2.24, 2.45) is 0 Å². The summed E-state index contributed by atoms with van der Waals surface area (Å²) in [7, 11) is 0. The number of nitro benzene ring substituents is 1. The second-order valence-corrected chi connectivity index (χ2v) is 6.96. The van der Waals surface area contributed by atoms with Crippen LogP contribution in [0.5, 0.6) is 0 Å². The molecule has 0 fully saturated rings. The predicted octanol–water partition coefficient (Wildman–Crippen LogP) is 4.69. The minimum Gasteiger partial charge on any atom is -0.369 e. The Bertz CT molecular complexity index is 776. The van der Waals surface area contributed by atoms with Crippen molar-refractivity contribution < 1.29 is 9.72 Å². The summed E-state index contributed by atoms with van der Waals surface area (Å²) in [5.74, 6) is -0.364. The fourth-order valence-electron chi connectivity index (χ4n) is 2.58. The molecular formula is C18H20IN3O3. The Balaban J connectivity index is 2.18. The second kappa shape index (κ2) is 8.28. The van der Waals surface area contributed by atoms with Crippen molar-refractivity contribution >= 4 is 45.6 Å². The molecule has 0 atom stereocenters. The van der Waals surface area contributed by atoms with Gasteiger partial charge in [-0.3, -0.25) is 14.9 Å². The topological polar surface area (TPSA) is 75.5 Å². The molecule has 132 valence electrons. The van der Waals surface area contributed by atoms with Crippen molar-refractivity contribution in [3.05, 3.63) is 61.7 Å². The number of anilines is 2. The summed E-state index contributed by atoms with van der Waals surface area (Å²) >= 11 is 1.99. The van der Waals surface area contributed by atoms with Gasteiger partial charge >= 0.3 is 0 Å². The molecule has 0 spiro atoms. The lowest BCUT2D eigenvalue weighted by Gasteiger charge is -2.27. The number of amides is 1. The van der Waals surface area contributed by atoms with Gasteiger partial charge < -0.3 is 10.2 Å². The number of rotatable bonds is 6. The first-order valence-electron chi connectivity index (χ1n) is 7.95. The van der Waals surface area contributed by atoms with Crippen LogP contribution in [0.2, 0.25) is 0 Å². The van der Waals surface area contributed by atoms with Gasteiger partial charge in [0.25, 0.3) is 11.6 Å². The van der Waals surface area contributed by atoms with Crippen LogP contribution in [0.1, 0.15) is 31.1 Å². The Morgan fingerprint density at radius 1 is 1.24 bits per heavy atom. The van der Waals surface area contributed by atoms with Gasteiger partial charge in [-0.15, -0.1) is 0 Å². The number of carbonyl (C=O) groups excluding carboxylic acids is 1. The number of nitro groups is 1. The Hall–Kier alpha value is -2.16. The smallest absolute Gasteiger partial charge is 0.270 e. The lowest BCUT2D eigenvalue weighted by atomic mass is 10.1. The molecule has 6 nitrogen and oxygen atoms in total. The van der Waals surface area contributed by atoms with E-state index in [0.717, 1.165) is 12.2 Å². The van der Waals surface area contributed by atoms with E-state index in [1.54, 1.807) is 6.07 Å². The summed E-state index contributed by atoms with van der Waals surface area (Å²) in [5.41, 5.74) is 1.92. The zero-order valence-corrected chi connectivity index (χ0v) is 16.5. The monoisotopic (exact) mass is 453 g/mol. The van der Waals surface area contributed by atoms with Gasteiger partial charge in [-0.05, 0) is 73.7 Å². The van der Waals surface area contributed by atoms with E-state index in [1.807, 2.05) is 46.9 Å². The summed E-state index contributed by atoms with van der Waals surface area (Å²) in [6, 6.07) is 12.2. The van der Waals surface area contributed by atoms with Crippen LogP contribution in [-0.4, -0.2) is 23.4 Å². The number of hydrogen-bond acceptors (Lipinski definition) is 4. The van der Waals surface area contributed by atoms with Crippen LogP contribution >= 0.6 is 22.6 Å². The molecular weight excluding hydrogens is 433 g/mol. The Morgan fingerprint density at radius 3 is 2.40 bits per heavy atom. The summed E-state index contributed by atoms with van der Waals surface area (Å²) in [4.78, 5) is 25.1. The molecule has 25 heavy (non-hydrogen) atoms. The van der Waals surface area contributed by atoms with Crippen LogP contribution < -0.4 is 10.2 Å². The summed E-state index contributed by atoms with van der Waals surface area (Å²) in [6.07, 6.45) is 0. The molecule has 7 heteroatoms. The van der Waals surface area contributed by atoms with Crippen molar-refractivity contribution in [2.45, 2.75) is 26.8 Å². The summed E-state index contributed by atoms with van der Waals surface area (Å²) in [6.45, 7) is 7.25. The molecule has 0 aromatic heterocycles. The quantitative estimate of drug-likeness (QED) is 0.392. The number of nitrogens with one attached hydrogen (secondary N) is 1. The van der Waals surface area contributed by atoms with E-state index >= 15 is 0 Å². The highest BCUT2D eigenvalue weighted by Crippen LogP contribution is 2.23. The van der Waals surface area contributed by atoms with Gasteiger partial charge in [0.05, 0.1) is 10.5 Å². The minimum absolute atomic E-state index is 0.101. The number of halogens is 1. The van der Waals surface area contributed by atoms with E-state index in [4.69, 9.17) is 0 Å². The molecule has 1 N–H and O–H groups in total. The first-order valence-corrected chi connectivity index (χ1v) is 9.03. The van der Waals surface area contributed by atoms with Gasteiger partial charge in [0, 0.05) is 39.7 Å². The van der Waals surface area contributed by atoms with Crippen LogP contribution in [0, 0.1) is 13.7 Å². The van der Waals surface area contributed by atoms with Crippen LogP contribution in [0.15, 0.2) is 42.5 Å². The largest absolute Gasteiger partial charge is 0.369 e. The second-order valence-electron chi connectivity index (χ2n) is 5.80. The Labute approximate surface area is 160 Å². The first-order chi connectivity index (χ1) is 11.8. The van der Waals surface area contributed by atoms with Gasteiger partial charge in [-0.1, -0.05) is 0 Å². The summed E-state index contributed by atoms with van der Waals surface area (Å²) in [5, 5.41) is 13.7. The number of carbonyl (C=O) groups is 1. The average molecular weight is 453 g/mol. The van der Waals surface area contributed by atoms with Crippen LogP contribution in [0.4, 0.5) is 17.1 Å². The average Bonchev–Trinajstić information content (AvgIpc) is 2.56. The standard InChI is InChI=1S/C18H20IN3O3/c1-4-21(12(2)3)14-7-5-13(6-8-14)20-18(23)16-11-15(22(24)25)9-10-17(16)19/h5-12H,4H2,1-3H3,(H,20,23). The Morgan fingerprint density at radius 2 is 1.88 bits per heavy atom. The molecule has 0 saturated carbocycles. The maximum absolute atomic E-state index is 12.4. The van der Waals surface area contributed by atoms with Gasteiger partial charge in [0.15, 0.2) is 0 Å². The van der Waals surface area contributed by atoms with E-state index in [1.165, 1.54) is 12.1 Å². The molecule has 1 amide bonds. The Kier molecular flexibility index (Phi) is 6.35. The van der Waals surface area contributed by atoms with E-state index in [9.17, 15) is 14.9 Å². The lowest BCUT2D eigenvalue weighted by Crippen LogP contribution is -2.30. The molecule has 0 aliphatic heterocycles. The normalized spacial score (nSPS) is 10.6. The third-order valence-corrected chi connectivity index (χ3v) is 4.77. The van der Waals surface area contributed by atoms with Crippen molar-refractivity contribution in [1.82, 2.24) is 0 Å². The van der Waals surface area contributed by atoms with Crippen molar-refractivity contribution in [3.63, 3.8) is 0 Å².